The molecule has 7 heteroatoms. The molecule has 0 bridgehead atoms. The summed E-state index contributed by atoms with van der Waals surface area (Å²) in [6.45, 7) is 3.84. The van der Waals surface area contributed by atoms with E-state index in [4.69, 9.17) is 9.26 Å². The van der Waals surface area contributed by atoms with E-state index in [1.165, 1.54) is 12.8 Å². The summed E-state index contributed by atoms with van der Waals surface area (Å²) in [7, 11) is 4.37. The predicted octanol–water partition coefficient (Wildman–Crippen LogP) is 3.79. The zero-order valence-corrected chi connectivity index (χ0v) is 19.4. The van der Waals surface area contributed by atoms with Gasteiger partial charge in [-0.3, -0.25) is 14.5 Å². The smallest absolute Gasteiger partial charge is 0.167 e. The number of hydrogen-bond donors (Lipinski definition) is 0. The van der Waals surface area contributed by atoms with E-state index in [1.807, 2.05) is 30.3 Å². The van der Waals surface area contributed by atoms with Crippen LogP contribution < -0.4 is 4.74 Å². The Bertz CT molecular complexity index is 1180. The summed E-state index contributed by atoms with van der Waals surface area (Å²) in [4.78, 5) is 29.0. The van der Waals surface area contributed by atoms with Crippen molar-refractivity contribution in [1.82, 2.24) is 15.0 Å². The van der Waals surface area contributed by atoms with Crippen molar-refractivity contribution in [3.8, 4) is 5.75 Å². The summed E-state index contributed by atoms with van der Waals surface area (Å²) < 4.78 is 11.6. The van der Waals surface area contributed by atoms with Gasteiger partial charge >= 0.3 is 0 Å². The SMILES string of the molecule is CN1CCC(N(C)CCOc2ccc3c(ccc4onc([C@@H]5CCC(=O)CC5=O)c43)c2)CC1. The zero-order chi connectivity index (χ0) is 22.9. The number of carbonyl (C=O) groups excluding carboxylic acids is 2. The van der Waals surface area contributed by atoms with Gasteiger partial charge < -0.3 is 14.2 Å². The van der Waals surface area contributed by atoms with Crippen molar-refractivity contribution in [2.45, 2.75) is 44.1 Å². The maximum absolute atomic E-state index is 12.5. The van der Waals surface area contributed by atoms with Crippen LogP contribution in [-0.4, -0.2) is 72.9 Å². The van der Waals surface area contributed by atoms with Crippen molar-refractivity contribution in [2.24, 2.45) is 0 Å². The third-order valence-electron chi connectivity index (χ3n) is 7.28. The van der Waals surface area contributed by atoms with Crippen LogP contribution in [0.4, 0.5) is 0 Å². The Morgan fingerprint density at radius 2 is 1.97 bits per heavy atom. The van der Waals surface area contributed by atoms with Crippen LogP contribution in [-0.2, 0) is 9.59 Å². The van der Waals surface area contributed by atoms with Gasteiger partial charge in [0, 0.05) is 19.0 Å². The van der Waals surface area contributed by atoms with Crippen molar-refractivity contribution in [3.63, 3.8) is 0 Å². The lowest BCUT2D eigenvalue weighted by Gasteiger charge is -2.35. The first kappa shape index (κ1) is 22.0. The molecule has 0 spiro atoms. The average molecular weight is 450 g/mol. The van der Waals surface area contributed by atoms with E-state index in [2.05, 4.69) is 29.1 Å². The van der Waals surface area contributed by atoms with Gasteiger partial charge in [-0.15, -0.1) is 0 Å². The quantitative estimate of drug-likeness (QED) is 0.530. The van der Waals surface area contributed by atoms with Crippen molar-refractivity contribution < 1.29 is 18.8 Å². The second-order valence-electron chi connectivity index (χ2n) is 9.53. The number of aromatic nitrogens is 1. The summed E-state index contributed by atoms with van der Waals surface area (Å²) in [6, 6.07) is 10.5. The van der Waals surface area contributed by atoms with E-state index >= 15 is 0 Å². The summed E-state index contributed by atoms with van der Waals surface area (Å²) in [5.74, 6) is 0.404. The maximum atomic E-state index is 12.5. The number of piperidine rings is 1. The molecule has 1 aliphatic heterocycles. The van der Waals surface area contributed by atoms with Crippen LogP contribution in [0.5, 0.6) is 5.75 Å². The normalized spacial score (nSPS) is 20.9. The van der Waals surface area contributed by atoms with E-state index in [9.17, 15) is 9.59 Å². The molecule has 7 nitrogen and oxygen atoms in total. The number of fused-ring (bicyclic) bond motifs is 3. The van der Waals surface area contributed by atoms with E-state index in [0.29, 0.717) is 36.8 Å². The highest BCUT2D eigenvalue weighted by atomic mass is 16.5. The number of ketones is 2. The van der Waals surface area contributed by atoms with E-state index in [0.717, 1.165) is 41.5 Å². The minimum Gasteiger partial charge on any atom is -0.492 e. The molecule has 0 unspecified atom stereocenters. The molecule has 1 saturated heterocycles. The zero-order valence-electron chi connectivity index (χ0n) is 19.4. The summed E-state index contributed by atoms with van der Waals surface area (Å²) in [6.07, 6.45) is 3.32. The van der Waals surface area contributed by atoms with Gasteiger partial charge in [0.25, 0.3) is 0 Å². The fourth-order valence-corrected chi connectivity index (χ4v) is 5.19. The molecule has 2 aromatic carbocycles. The van der Waals surface area contributed by atoms with E-state index in [-0.39, 0.29) is 23.9 Å². The molecule has 1 aliphatic carbocycles. The number of Topliss-reactive ketones (excluding diaryl/α,β-unsaturated/α-hetero) is 2. The van der Waals surface area contributed by atoms with Crippen molar-refractivity contribution in [1.29, 1.82) is 0 Å². The van der Waals surface area contributed by atoms with Gasteiger partial charge in [0.05, 0.1) is 17.7 Å². The summed E-state index contributed by atoms with van der Waals surface area (Å²) in [5.41, 5.74) is 1.32. The molecule has 0 amide bonds. The third kappa shape index (κ3) is 4.52. The maximum Gasteiger partial charge on any atom is 0.167 e. The van der Waals surface area contributed by atoms with Gasteiger partial charge in [0.1, 0.15) is 29.6 Å². The molecule has 0 N–H and O–H groups in total. The fourth-order valence-electron chi connectivity index (χ4n) is 5.19. The van der Waals surface area contributed by atoms with Gasteiger partial charge in [-0.1, -0.05) is 11.2 Å². The number of hydrogen-bond acceptors (Lipinski definition) is 7. The molecule has 2 fully saturated rings. The van der Waals surface area contributed by atoms with Crippen molar-refractivity contribution in [2.75, 3.05) is 40.3 Å². The summed E-state index contributed by atoms with van der Waals surface area (Å²) in [5, 5.41) is 7.12. The lowest BCUT2D eigenvalue weighted by molar-refractivity contribution is -0.130. The predicted molar refractivity (Wildman–Crippen MR) is 127 cm³/mol. The van der Waals surface area contributed by atoms with Gasteiger partial charge in [-0.05, 0) is 81.5 Å². The number of ether oxygens (including phenoxy) is 1. The van der Waals surface area contributed by atoms with Crippen LogP contribution in [0.15, 0.2) is 34.9 Å². The number of rotatable bonds is 6. The van der Waals surface area contributed by atoms with Crippen LogP contribution in [0, 0.1) is 0 Å². The van der Waals surface area contributed by atoms with Gasteiger partial charge in [0.15, 0.2) is 5.58 Å². The molecule has 1 saturated carbocycles. The van der Waals surface area contributed by atoms with Crippen LogP contribution in [0.3, 0.4) is 0 Å². The van der Waals surface area contributed by atoms with Gasteiger partial charge in [-0.25, -0.2) is 0 Å². The van der Waals surface area contributed by atoms with Crippen LogP contribution in [0.1, 0.15) is 43.7 Å². The fraction of sp³-hybridized carbons (Fsp3) is 0.500. The van der Waals surface area contributed by atoms with E-state index < -0.39 is 0 Å². The molecule has 2 heterocycles. The number of likely N-dealkylation sites (N-methyl/N-ethyl adjacent to an activating group) is 1. The molecule has 3 aromatic rings. The highest BCUT2D eigenvalue weighted by Crippen LogP contribution is 2.37. The van der Waals surface area contributed by atoms with Crippen molar-refractivity contribution in [3.05, 3.63) is 36.0 Å². The monoisotopic (exact) mass is 449 g/mol. The third-order valence-corrected chi connectivity index (χ3v) is 7.28. The number of carbonyl (C=O) groups is 2. The van der Waals surface area contributed by atoms with Gasteiger partial charge in [0.2, 0.25) is 0 Å². The molecule has 174 valence electrons. The molecule has 1 aromatic heterocycles. The second kappa shape index (κ2) is 9.23. The molecule has 1 atom stereocenters. The molecule has 2 aliphatic rings. The Morgan fingerprint density at radius 3 is 2.76 bits per heavy atom. The number of nitrogens with zero attached hydrogens (tertiary/aromatic N) is 3. The topological polar surface area (TPSA) is 75.9 Å². The Labute approximate surface area is 193 Å². The first-order valence-electron chi connectivity index (χ1n) is 11.9. The number of benzene rings is 2. The largest absolute Gasteiger partial charge is 0.492 e. The molecule has 33 heavy (non-hydrogen) atoms. The Balaban J connectivity index is 1.31. The lowest BCUT2D eigenvalue weighted by Crippen LogP contribution is -2.43. The minimum absolute atomic E-state index is 0.00617. The number of likely N-dealkylation sites (tertiary alicyclic amines) is 1. The van der Waals surface area contributed by atoms with Crippen LogP contribution >= 0.6 is 0 Å². The Hall–Kier alpha value is -2.77. The first-order valence-corrected chi connectivity index (χ1v) is 11.9. The molecule has 5 rings (SSSR count). The van der Waals surface area contributed by atoms with Gasteiger partial charge in [-0.2, -0.15) is 0 Å². The lowest BCUT2D eigenvalue weighted by atomic mass is 9.83. The summed E-state index contributed by atoms with van der Waals surface area (Å²) >= 11 is 0. The standard InChI is InChI=1S/C26H31N3O4/c1-28-11-9-18(10-12-28)29(2)13-14-32-20-5-7-21-17(15-20)3-8-24-25(21)26(27-33-24)22-6-4-19(30)16-23(22)31/h3,5,7-8,15,18,22H,4,6,9-14,16H2,1-2H3/t22-/m1/s1. The van der Waals surface area contributed by atoms with Crippen LogP contribution in [0.2, 0.25) is 0 Å². The molecular formula is C26H31N3O4. The van der Waals surface area contributed by atoms with Crippen LogP contribution in [0.25, 0.3) is 21.7 Å². The van der Waals surface area contributed by atoms with Crippen molar-refractivity contribution >= 4 is 33.3 Å². The minimum atomic E-state index is -0.374. The first-order chi connectivity index (χ1) is 16.0. The average Bonchev–Trinajstić information content (AvgIpc) is 3.23. The molecular weight excluding hydrogens is 418 g/mol. The Morgan fingerprint density at radius 1 is 1.15 bits per heavy atom. The highest BCUT2D eigenvalue weighted by molar-refractivity contribution is 6.11. The van der Waals surface area contributed by atoms with E-state index in [1.54, 1.807) is 0 Å². The second-order valence-corrected chi connectivity index (χ2v) is 9.53. The highest BCUT2D eigenvalue weighted by Gasteiger charge is 2.32. The molecule has 0 radical (unpaired) electrons. The Kier molecular flexibility index (Phi) is 6.17.